The van der Waals surface area contributed by atoms with Gasteiger partial charge in [-0.15, -0.1) is 0 Å². The zero-order valence-electron chi connectivity index (χ0n) is 16.0. The average Bonchev–Trinajstić information content (AvgIpc) is 3.17. The minimum atomic E-state index is -0.250. The molecule has 146 valence electrons. The number of anilines is 2. The summed E-state index contributed by atoms with van der Waals surface area (Å²) in [5, 5.41) is 11.1. The number of carbonyl (C=O) groups is 1. The minimum Gasteiger partial charge on any atom is -0.368 e. The van der Waals surface area contributed by atoms with Crippen LogP contribution in [0.3, 0.4) is 0 Å². The molecule has 4 aromatic rings. The van der Waals surface area contributed by atoms with Gasteiger partial charge in [-0.2, -0.15) is 0 Å². The van der Waals surface area contributed by atoms with Crippen LogP contribution in [0.1, 0.15) is 5.82 Å². The van der Waals surface area contributed by atoms with Crippen molar-refractivity contribution < 1.29 is 4.79 Å². The SMILES string of the molecule is Cc1nccn1-c1cc(NCCNC(=O)Nc2ccc3ccccc3c2)ncn1. The van der Waals surface area contributed by atoms with Crippen molar-refractivity contribution in [3.63, 3.8) is 0 Å². The number of carbonyl (C=O) groups excluding carboxylic acids is 1. The number of hydrogen-bond donors (Lipinski definition) is 3. The van der Waals surface area contributed by atoms with Crippen LogP contribution in [0.2, 0.25) is 0 Å². The first kappa shape index (κ1) is 18.4. The van der Waals surface area contributed by atoms with E-state index >= 15 is 0 Å². The highest BCUT2D eigenvalue weighted by Crippen LogP contribution is 2.18. The maximum absolute atomic E-state index is 12.1. The number of aryl methyl sites for hydroxylation is 1. The maximum Gasteiger partial charge on any atom is 0.319 e. The highest BCUT2D eigenvalue weighted by molar-refractivity contribution is 5.93. The van der Waals surface area contributed by atoms with Crippen molar-refractivity contribution in [3.05, 3.63) is 73.1 Å². The molecule has 8 nitrogen and oxygen atoms in total. The zero-order chi connectivity index (χ0) is 20.1. The lowest BCUT2D eigenvalue weighted by molar-refractivity contribution is 0.252. The lowest BCUT2D eigenvalue weighted by Gasteiger charge is -2.10. The molecule has 0 aliphatic rings. The van der Waals surface area contributed by atoms with Gasteiger partial charge in [-0.1, -0.05) is 30.3 Å². The molecule has 2 aromatic heterocycles. The summed E-state index contributed by atoms with van der Waals surface area (Å²) in [4.78, 5) is 24.8. The molecule has 2 heterocycles. The van der Waals surface area contributed by atoms with Crippen molar-refractivity contribution >= 4 is 28.3 Å². The van der Waals surface area contributed by atoms with E-state index in [1.54, 1.807) is 6.20 Å². The van der Waals surface area contributed by atoms with Crippen molar-refractivity contribution in [2.24, 2.45) is 0 Å². The Labute approximate surface area is 168 Å². The number of nitrogens with one attached hydrogen (secondary N) is 3. The van der Waals surface area contributed by atoms with Gasteiger partial charge in [-0.3, -0.25) is 4.57 Å². The van der Waals surface area contributed by atoms with Gasteiger partial charge in [-0.05, 0) is 29.8 Å². The molecule has 0 atom stereocenters. The number of nitrogens with zero attached hydrogens (tertiary/aromatic N) is 4. The van der Waals surface area contributed by atoms with E-state index in [4.69, 9.17) is 0 Å². The van der Waals surface area contributed by atoms with E-state index < -0.39 is 0 Å². The lowest BCUT2D eigenvalue weighted by Crippen LogP contribution is -2.32. The largest absolute Gasteiger partial charge is 0.368 e. The number of rotatable bonds is 6. The molecule has 0 fully saturated rings. The molecule has 0 aliphatic carbocycles. The van der Waals surface area contributed by atoms with Crippen molar-refractivity contribution in [3.8, 4) is 5.82 Å². The molecule has 2 amide bonds. The van der Waals surface area contributed by atoms with Gasteiger partial charge in [0.1, 0.15) is 23.8 Å². The monoisotopic (exact) mass is 387 g/mol. The summed E-state index contributed by atoms with van der Waals surface area (Å²) in [5.41, 5.74) is 0.755. The summed E-state index contributed by atoms with van der Waals surface area (Å²) in [5.74, 6) is 2.26. The fourth-order valence-electron chi connectivity index (χ4n) is 3.00. The second-order valence-corrected chi connectivity index (χ2v) is 6.48. The van der Waals surface area contributed by atoms with Crippen LogP contribution in [0.25, 0.3) is 16.6 Å². The van der Waals surface area contributed by atoms with E-state index in [1.165, 1.54) is 6.33 Å². The van der Waals surface area contributed by atoms with Crippen LogP contribution in [0, 0.1) is 6.92 Å². The first-order chi connectivity index (χ1) is 14.2. The topological polar surface area (TPSA) is 96.8 Å². The Bertz CT molecular complexity index is 1140. The fourth-order valence-corrected chi connectivity index (χ4v) is 3.00. The maximum atomic E-state index is 12.1. The van der Waals surface area contributed by atoms with Gasteiger partial charge < -0.3 is 16.0 Å². The van der Waals surface area contributed by atoms with E-state index in [0.29, 0.717) is 18.9 Å². The Morgan fingerprint density at radius 2 is 1.86 bits per heavy atom. The standard InChI is InChI=1S/C21H21N7O/c1-15-22-10-11-28(15)20-13-19(25-14-26-20)23-8-9-24-21(29)27-18-7-6-16-4-2-3-5-17(16)12-18/h2-7,10-14H,8-9H2,1H3,(H,23,25,26)(H2,24,27,29). The van der Waals surface area contributed by atoms with Crippen LogP contribution < -0.4 is 16.0 Å². The van der Waals surface area contributed by atoms with Gasteiger partial charge in [-0.25, -0.2) is 19.7 Å². The molecular weight excluding hydrogens is 366 g/mol. The first-order valence-electron chi connectivity index (χ1n) is 9.29. The van der Waals surface area contributed by atoms with E-state index in [1.807, 2.05) is 66.2 Å². The quantitative estimate of drug-likeness (QED) is 0.441. The van der Waals surface area contributed by atoms with Crippen molar-refractivity contribution in [1.29, 1.82) is 0 Å². The molecule has 0 spiro atoms. The fraction of sp³-hybridized carbons (Fsp3) is 0.143. The molecule has 0 unspecified atom stereocenters. The Kier molecular flexibility index (Phi) is 5.33. The van der Waals surface area contributed by atoms with Crippen molar-refractivity contribution in [1.82, 2.24) is 24.8 Å². The molecule has 3 N–H and O–H groups in total. The number of imidazole rings is 1. The number of aromatic nitrogens is 4. The molecule has 8 heteroatoms. The number of hydrogen-bond acceptors (Lipinski definition) is 5. The molecule has 0 aliphatic heterocycles. The van der Waals surface area contributed by atoms with Gasteiger partial charge in [0.25, 0.3) is 0 Å². The van der Waals surface area contributed by atoms with Crippen LogP contribution in [-0.4, -0.2) is 38.6 Å². The molecule has 29 heavy (non-hydrogen) atoms. The Balaban J connectivity index is 1.27. The van der Waals surface area contributed by atoms with E-state index in [-0.39, 0.29) is 6.03 Å². The summed E-state index contributed by atoms with van der Waals surface area (Å²) in [7, 11) is 0. The van der Waals surface area contributed by atoms with Gasteiger partial charge in [0.2, 0.25) is 0 Å². The average molecular weight is 387 g/mol. The van der Waals surface area contributed by atoms with Crippen molar-refractivity contribution in [2.45, 2.75) is 6.92 Å². The third kappa shape index (κ3) is 4.49. The third-order valence-electron chi connectivity index (χ3n) is 4.45. The van der Waals surface area contributed by atoms with Gasteiger partial charge in [0.15, 0.2) is 0 Å². The predicted molar refractivity (Wildman–Crippen MR) is 113 cm³/mol. The zero-order valence-corrected chi connectivity index (χ0v) is 16.0. The number of benzene rings is 2. The Morgan fingerprint density at radius 1 is 1.00 bits per heavy atom. The second-order valence-electron chi connectivity index (χ2n) is 6.48. The highest BCUT2D eigenvalue weighted by atomic mass is 16.2. The highest BCUT2D eigenvalue weighted by Gasteiger charge is 2.05. The normalized spacial score (nSPS) is 10.7. The summed E-state index contributed by atoms with van der Waals surface area (Å²) < 4.78 is 1.88. The second kappa shape index (κ2) is 8.39. The molecule has 2 aromatic carbocycles. The molecular formula is C21H21N7O. The van der Waals surface area contributed by atoms with Crippen molar-refractivity contribution in [2.75, 3.05) is 23.7 Å². The van der Waals surface area contributed by atoms with Crippen LogP contribution in [0.5, 0.6) is 0 Å². The summed E-state index contributed by atoms with van der Waals surface area (Å²) in [6, 6.07) is 15.4. The minimum absolute atomic E-state index is 0.250. The van der Waals surface area contributed by atoms with Crippen LogP contribution in [0.15, 0.2) is 67.3 Å². The predicted octanol–water partition coefficient (Wildman–Crippen LogP) is 3.36. The van der Waals surface area contributed by atoms with Gasteiger partial charge in [0.05, 0.1) is 0 Å². The number of fused-ring (bicyclic) bond motifs is 1. The van der Waals surface area contributed by atoms with E-state index in [2.05, 4.69) is 30.9 Å². The Hall–Kier alpha value is -3.94. The molecule has 0 saturated carbocycles. The van der Waals surface area contributed by atoms with Gasteiger partial charge >= 0.3 is 6.03 Å². The summed E-state index contributed by atoms with van der Waals surface area (Å²) in [6.45, 7) is 2.89. The van der Waals surface area contributed by atoms with Crippen LogP contribution in [0.4, 0.5) is 16.3 Å². The van der Waals surface area contributed by atoms with E-state index in [9.17, 15) is 4.79 Å². The summed E-state index contributed by atoms with van der Waals surface area (Å²) in [6.07, 6.45) is 5.07. The first-order valence-corrected chi connectivity index (χ1v) is 9.29. The molecule has 4 rings (SSSR count). The summed E-state index contributed by atoms with van der Waals surface area (Å²) >= 11 is 0. The molecule has 0 radical (unpaired) electrons. The van der Waals surface area contributed by atoms with Crippen LogP contribution >= 0.6 is 0 Å². The molecule has 0 saturated heterocycles. The number of amides is 2. The van der Waals surface area contributed by atoms with Gasteiger partial charge in [0, 0.05) is 37.2 Å². The van der Waals surface area contributed by atoms with Crippen LogP contribution in [-0.2, 0) is 0 Å². The van der Waals surface area contributed by atoms with E-state index in [0.717, 1.165) is 28.1 Å². The smallest absolute Gasteiger partial charge is 0.319 e. The Morgan fingerprint density at radius 3 is 2.69 bits per heavy atom. The molecule has 0 bridgehead atoms. The third-order valence-corrected chi connectivity index (χ3v) is 4.45. The lowest BCUT2D eigenvalue weighted by atomic mass is 10.1. The number of urea groups is 1.